The molecule has 0 radical (unpaired) electrons. The van der Waals surface area contributed by atoms with Crippen LogP contribution in [0.2, 0.25) is 0 Å². The van der Waals surface area contributed by atoms with Gasteiger partial charge in [0.15, 0.2) is 5.96 Å². The molecular weight excluding hydrogens is 371 g/mol. The van der Waals surface area contributed by atoms with E-state index >= 15 is 0 Å². The Hall–Kier alpha value is -0.730. The van der Waals surface area contributed by atoms with Crippen LogP contribution >= 0.6 is 24.0 Å². The van der Waals surface area contributed by atoms with Crippen LogP contribution in [0.1, 0.15) is 41.0 Å². The van der Waals surface area contributed by atoms with Crippen molar-refractivity contribution in [3.05, 3.63) is 0 Å². The number of amides is 1. The Morgan fingerprint density at radius 3 is 2.30 bits per heavy atom. The number of alkyl carbamates (subject to hydrolysis) is 1. The van der Waals surface area contributed by atoms with Crippen molar-refractivity contribution in [1.82, 2.24) is 10.6 Å². The normalized spacial score (nSPS) is 11.8. The van der Waals surface area contributed by atoms with Gasteiger partial charge in [-0.2, -0.15) is 0 Å². The minimum absolute atomic E-state index is 0. The monoisotopic (exact) mass is 400 g/mol. The zero-order chi connectivity index (χ0) is 14.9. The van der Waals surface area contributed by atoms with E-state index in [1.807, 2.05) is 20.8 Å². The minimum atomic E-state index is -0.462. The van der Waals surface area contributed by atoms with Gasteiger partial charge in [-0.3, -0.25) is 4.99 Å². The Kier molecular flexibility index (Phi) is 11.8. The van der Waals surface area contributed by atoms with E-state index < -0.39 is 11.7 Å². The second-order valence-electron chi connectivity index (χ2n) is 5.83. The van der Waals surface area contributed by atoms with E-state index in [2.05, 4.69) is 29.5 Å². The summed E-state index contributed by atoms with van der Waals surface area (Å²) in [6.45, 7) is 11.6. The molecule has 0 bridgehead atoms. The van der Waals surface area contributed by atoms with Crippen molar-refractivity contribution in [2.24, 2.45) is 16.6 Å². The fourth-order valence-electron chi connectivity index (χ4n) is 1.15. The lowest BCUT2D eigenvalue weighted by atomic mass is 10.2. The van der Waals surface area contributed by atoms with Gasteiger partial charge in [0, 0.05) is 19.6 Å². The highest BCUT2D eigenvalue weighted by molar-refractivity contribution is 14.0. The first-order chi connectivity index (χ1) is 8.70. The van der Waals surface area contributed by atoms with E-state index in [9.17, 15) is 4.79 Å². The number of ether oxygens (including phenoxy) is 1. The fourth-order valence-corrected chi connectivity index (χ4v) is 1.15. The molecule has 1 amide bonds. The van der Waals surface area contributed by atoms with Gasteiger partial charge in [0.2, 0.25) is 0 Å². The summed E-state index contributed by atoms with van der Waals surface area (Å²) in [6.07, 6.45) is 0.367. The van der Waals surface area contributed by atoms with Gasteiger partial charge >= 0.3 is 6.09 Å². The SMILES string of the molecule is CC(C)CN=C(N)NCCCNC(=O)OC(C)(C)C.I. The number of guanidine groups is 1. The topological polar surface area (TPSA) is 88.7 Å². The van der Waals surface area contributed by atoms with E-state index in [1.54, 1.807) is 0 Å². The number of carbonyl (C=O) groups is 1. The second kappa shape index (κ2) is 11.0. The van der Waals surface area contributed by atoms with Crippen molar-refractivity contribution in [3.8, 4) is 0 Å². The smallest absolute Gasteiger partial charge is 0.407 e. The number of hydrogen-bond donors (Lipinski definition) is 3. The summed E-state index contributed by atoms with van der Waals surface area (Å²) in [7, 11) is 0. The average molecular weight is 400 g/mol. The maximum atomic E-state index is 11.3. The van der Waals surface area contributed by atoms with E-state index in [-0.39, 0.29) is 24.0 Å². The number of carbonyl (C=O) groups excluding carboxylic acids is 1. The van der Waals surface area contributed by atoms with Crippen LogP contribution in [-0.2, 0) is 4.74 Å². The van der Waals surface area contributed by atoms with Gasteiger partial charge in [-0.25, -0.2) is 4.79 Å². The summed E-state index contributed by atoms with van der Waals surface area (Å²) in [5, 5.41) is 5.68. The highest BCUT2D eigenvalue weighted by atomic mass is 127. The summed E-state index contributed by atoms with van der Waals surface area (Å²) in [5.41, 5.74) is 5.21. The zero-order valence-electron chi connectivity index (χ0n) is 13.2. The fraction of sp³-hybridized carbons (Fsp3) is 0.846. The molecule has 120 valence electrons. The van der Waals surface area contributed by atoms with Crippen LogP contribution in [0.15, 0.2) is 4.99 Å². The quantitative estimate of drug-likeness (QED) is 0.276. The first-order valence-corrected chi connectivity index (χ1v) is 6.71. The van der Waals surface area contributed by atoms with Crippen molar-refractivity contribution in [3.63, 3.8) is 0 Å². The molecule has 0 spiro atoms. The third kappa shape index (κ3) is 15.3. The number of rotatable bonds is 6. The second-order valence-corrected chi connectivity index (χ2v) is 5.83. The van der Waals surface area contributed by atoms with Crippen LogP contribution in [0.3, 0.4) is 0 Å². The number of nitrogens with zero attached hydrogens (tertiary/aromatic N) is 1. The molecule has 0 saturated heterocycles. The molecule has 7 heteroatoms. The minimum Gasteiger partial charge on any atom is -0.444 e. The summed E-state index contributed by atoms with van der Waals surface area (Å²) >= 11 is 0. The highest BCUT2D eigenvalue weighted by Crippen LogP contribution is 2.06. The van der Waals surface area contributed by atoms with Crippen molar-refractivity contribution in [2.75, 3.05) is 19.6 Å². The molecule has 0 aromatic carbocycles. The lowest BCUT2D eigenvalue weighted by Gasteiger charge is -2.19. The molecule has 0 unspecified atom stereocenters. The molecular formula is C13H29IN4O2. The largest absolute Gasteiger partial charge is 0.444 e. The Morgan fingerprint density at radius 2 is 1.80 bits per heavy atom. The van der Waals surface area contributed by atoms with Crippen LogP contribution < -0.4 is 16.4 Å². The lowest BCUT2D eigenvalue weighted by molar-refractivity contribution is 0.0527. The number of halogens is 1. The standard InChI is InChI=1S/C13H28N4O2.HI/c1-10(2)9-17-11(14)15-7-6-8-16-12(18)19-13(3,4)5;/h10H,6-9H2,1-5H3,(H,16,18)(H3,14,15,17);1H. The Bertz CT molecular complexity index is 301. The van der Waals surface area contributed by atoms with Crippen molar-refractivity contribution in [2.45, 2.75) is 46.6 Å². The van der Waals surface area contributed by atoms with Crippen molar-refractivity contribution >= 4 is 36.0 Å². The number of nitrogens with two attached hydrogens (primary N) is 1. The van der Waals surface area contributed by atoms with Gasteiger partial charge in [-0.05, 0) is 33.1 Å². The number of aliphatic imine (C=N–C) groups is 1. The molecule has 0 aromatic heterocycles. The van der Waals surface area contributed by atoms with Crippen LogP contribution in [0.25, 0.3) is 0 Å². The molecule has 0 rings (SSSR count). The Balaban J connectivity index is 0. The molecule has 20 heavy (non-hydrogen) atoms. The molecule has 0 aliphatic carbocycles. The summed E-state index contributed by atoms with van der Waals surface area (Å²) in [4.78, 5) is 15.5. The van der Waals surface area contributed by atoms with Crippen LogP contribution in [0.5, 0.6) is 0 Å². The molecule has 0 atom stereocenters. The zero-order valence-corrected chi connectivity index (χ0v) is 15.5. The molecule has 0 aromatic rings. The molecule has 6 nitrogen and oxygen atoms in total. The van der Waals surface area contributed by atoms with Gasteiger partial charge < -0.3 is 21.1 Å². The van der Waals surface area contributed by atoms with Crippen LogP contribution in [-0.4, -0.2) is 37.3 Å². The van der Waals surface area contributed by atoms with Crippen LogP contribution in [0, 0.1) is 5.92 Å². The predicted octanol–water partition coefficient (Wildman–Crippen LogP) is 2.08. The van der Waals surface area contributed by atoms with Crippen molar-refractivity contribution in [1.29, 1.82) is 0 Å². The van der Waals surface area contributed by atoms with Gasteiger partial charge in [0.1, 0.15) is 5.60 Å². The molecule has 4 N–H and O–H groups in total. The van der Waals surface area contributed by atoms with Gasteiger partial charge in [0.25, 0.3) is 0 Å². The predicted molar refractivity (Wildman–Crippen MR) is 93.6 cm³/mol. The molecule has 0 aliphatic heterocycles. The third-order valence-corrected chi connectivity index (χ3v) is 1.95. The van der Waals surface area contributed by atoms with E-state index in [1.165, 1.54) is 0 Å². The van der Waals surface area contributed by atoms with Gasteiger partial charge in [-0.15, -0.1) is 24.0 Å². The average Bonchev–Trinajstić information content (AvgIpc) is 2.23. The third-order valence-electron chi connectivity index (χ3n) is 1.95. The molecule has 0 aliphatic rings. The van der Waals surface area contributed by atoms with Gasteiger partial charge in [-0.1, -0.05) is 13.8 Å². The first kappa shape index (κ1) is 21.6. The maximum absolute atomic E-state index is 11.3. The molecule has 0 fully saturated rings. The van der Waals surface area contributed by atoms with Crippen LogP contribution in [0.4, 0.5) is 4.79 Å². The Morgan fingerprint density at radius 1 is 1.25 bits per heavy atom. The Labute approximate surface area is 139 Å². The van der Waals surface area contributed by atoms with E-state index in [0.717, 1.165) is 13.0 Å². The first-order valence-electron chi connectivity index (χ1n) is 6.71. The van der Waals surface area contributed by atoms with E-state index in [0.29, 0.717) is 25.0 Å². The summed E-state index contributed by atoms with van der Waals surface area (Å²) < 4.78 is 5.11. The van der Waals surface area contributed by atoms with Gasteiger partial charge in [0.05, 0.1) is 0 Å². The maximum Gasteiger partial charge on any atom is 0.407 e. The molecule has 0 saturated carbocycles. The lowest BCUT2D eigenvalue weighted by Crippen LogP contribution is -2.36. The van der Waals surface area contributed by atoms with E-state index in [4.69, 9.17) is 10.5 Å². The summed E-state index contributed by atoms with van der Waals surface area (Å²) in [6, 6.07) is 0. The molecule has 0 heterocycles. The number of hydrogen-bond acceptors (Lipinski definition) is 3. The number of nitrogens with one attached hydrogen (secondary N) is 2. The highest BCUT2D eigenvalue weighted by Gasteiger charge is 2.15. The van der Waals surface area contributed by atoms with Crippen molar-refractivity contribution < 1.29 is 9.53 Å². The summed E-state index contributed by atoms with van der Waals surface area (Å²) in [5.74, 6) is 0.945.